The first-order valence-corrected chi connectivity index (χ1v) is 10.6. The van der Waals surface area contributed by atoms with Crippen molar-refractivity contribution in [1.29, 1.82) is 0 Å². The van der Waals surface area contributed by atoms with Gasteiger partial charge in [-0.15, -0.1) is 0 Å². The van der Waals surface area contributed by atoms with Crippen molar-refractivity contribution in [2.45, 2.75) is 32.7 Å². The second-order valence-corrected chi connectivity index (χ2v) is 8.09. The van der Waals surface area contributed by atoms with Crippen LogP contribution in [0.3, 0.4) is 0 Å². The summed E-state index contributed by atoms with van der Waals surface area (Å²) in [5.41, 5.74) is 3.39. The van der Waals surface area contributed by atoms with E-state index in [0.717, 1.165) is 38.4 Å². The SMILES string of the molecule is CC(C)c1ccc(NC(=O)C(C)N2CCN(C/C=C/c3ccccc3)CC2)cc1. The molecule has 1 heterocycles. The lowest BCUT2D eigenvalue weighted by molar-refractivity contribution is -0.121. The average molecular weight is 392 g/mol. The van der Waals surface area contributed by atoms with Crippen LogP contribution in [0.5, 0.6) is 0 Å². The van der Waals surface area contributed by atoms with E-state index in [1.807, 2.05) is 25.1 Å². The Bertz CT molecular complexity index is 791. The molecule has 1 amide bonds. The largest absolute Gasteiger partial charge is 0.325 e. The number of carbonyl (C=O) groups is 1. The second kappa shape index (κ2) is 10.4. The third-order valence-corrected chi connectivity index (χ3v) is 5.65. The van der Waals surface area contributed by atoms with E-state index in [0.29, 0.717) is 5.92 Å². The Labute approximate surface area is 175 Å². The monoisotopic (exact) mass is 391 g/mol. The molecule has 1 atom stereocenters. The van der Waals surface area contributed by atoms with Gasteiger partial charge in [0.1, 0.15) is 0 Å². The molecule has 0 saturated carbocycles. The highest BCUT2D eigenvalue weighted by Crippen LogP contribution is 2.18. The number of hydrogen-bond donors (Lipinski definition) is 1. The quantitative estimate of drug-likeness (QED) is 0.756. The lowest BCUT2D eigenvalue weighted by Crippen LogP contribution is -2.52. The molecule has 1 fully saturated rings. The summed E-state index contributed by atoms with van der Waals surface area (Å²) in [6.07, 6.45) is 4.40. The van der Waals surface area contributed by atoms with Crippen molar-refractivity contribution >= 4 is 17.7 Å². The fraction of sp³-hybridized carbons (Fsp3) is 0.400. The van der Waals surface area contributed by atoms with Gasteiger partial charge in [-0.1, -0.05) is 68.5 Å². The number of piperazine rings is 1. The van der Waals surface area contributed by atoms with Crippen LogP contribution in [0.25, 0.3) is 6.08 Å². The van der Waals surface area contributed by atoms with Crippen LogP contribution in [-0.4, -0.2) is 54.5 Å². The molecule has 1 saturated heterocycles. The minimum atomic E-state index is -0.123. The first kappa shape index (κ1) is 21.3. The standard InChI is InChI=1S/C25H33N3O/c1-20(2)23-11-13-24(14-12-23)26-25(29)21(3)28-18-16-27(17-19-28)15-7-10-22-8-5-4-6-9-22/h4-14,20-21H,15-19H2,1-3H3,(H,26,29)/b10-7+. The van der Waals surface area contributed by atoms with Gasteiger partial charge in [-0.2, -0.15) is 0 Å². The zero-order valence-corrected chi connectivity index (χ0v) is 17.8. The van der Waals surface area contributed by atoms with Crippen molar-refractivity contribution in [2.75, 3.05) is 38.0 Å². The summed E-state index contributed by atoms with van der Waals surface area (Å²) < 4.78 is 0. The molecule has 0 aromatic heterocycles. The fourth-order valence-electron chi connectivity index (χ4n) is 3.60. The lowest BCUT2D eigenvalue weighted by atomic mass is 10.0. The number of carbonyl (C=O) groups excluding carboxylic acids is 1. The molecule has 2 aromatic rings. The van der Waals surface area contributed by atoms with Gasteiger partial charge in [-0.05, 0) is 36.1 Å². The van der Waals surface area contributed by atoms with Gasteiger partial charge in [0.15, 0.2) is 0 Å². The zero-order valence-electron chi connectivity index (χ0n) is 17.8. The van der Waals surface area contributed by atoms with Crippen molar-refractivity contribution < 1.29 is 4.79 Å². The number of amides is 1. The number of nitrogens with one attached hydrogen (secondary N) is 1. The molecule has 1 N–H and O–H groups in total. The first-order chi connectivity index (χ1) is 14.0. The Balaban J connectivity index is 1.43. The van der Waals surface area contributed by atoms with Crippen LogP contribution < -0.4 is 5.32 Å². The molecule has 3 rings (SSSR count). The zero-order chi connectivity index (χ0) is 20.6. The summed E-state index contributed by atoms with van der Waals surface area (Å²) in [7, 11) is 0. The molecule has 0 bridgehead atoms. The van der Waals surface area contributed by atoms with E-state index >= 15 is 0 Å². The van der Waals surface area contributed by atoms with E-state index in [2.05, 4.69) is 77.5 Å². The number of rotatable bonds is 7. The van der Waals surface area contributed by atoms with E-state index in [4.69, 9.17) is 0 Å². The van der Waals surface area contributed by atoms with Gasteiger partial charge in [-0.3, -0.25) is 14.6 Å². The molecule has 4 heteroatoms. The molecule has 4 nitrogen and oxygen atoms in total. The van der Waals surface area contributed by atoms with E-state index in [1.54, 1.807) is 0 Å². The van der Waals surface area contributed by atoms with Crippen LogP contribution >= 0.6 is 0 Å². The summed E-state index contributed by atoms with van der Waals surface area (Å²) in [5, 5.41) is 3.06. The third-order valence-electron chi connectivity index (χ3n) is 5.65. The Hall–Kier alpha value is -2.43. The summed E-state index contributed by atoms with van der Waals surface area (Å²) in [6.45, 7) is 11.1. The highest BCUT2D eigenvalue weighted by Gasteiger charge is 2.25. The van der Waals surface area contributed by atoms with E-state index < -0.39 is 0 Å². The molecule has 154 valence electrons. The Kier molecular flexibility index (Phi) is 7.62. The third kappa shape index (κ3) is 6.28. The normalized spacial score (nSPS) is 17.0. The smallest absolute Gasteiger partial charge is 0.241 e. The Morgan fingerprint density at radius 1 is 0.966 bits per heavy atom. The van der Waals surface area contributed by atoms with Gasteiger partial charge >= 0.3 is 0 Å². The number of nitrogens with zero attached hydrogens (tertiary/aromatic N) is 2. The molecule has 29 heavy (non-hydrogen) atoms. The minimum absolute atomic E-state index is 0.0692. The van der Waals surface area contributed by atoms with Crippen molar-refractivity contribution in [2.24, 2.45) is 0 Å². The van der Waals surface area contributed by atoms with E-state index in [1.165, 1.54) is 11.1 Å². The predicted octanol–water partition coefficient (Wildman–Crippen LogP) is 4.47. The molecule has 0 aliphatic carbocycles. The summed E-state index contributed by atoms with van der Waals surface area (Å²) in [6, 6.07) is 18.4. The Morgan fingerprint density at radius 3 is 2.24 bits per heavy atom. The highest BCUT2D eigenvalue weighted by molar-refractivity contribution is 5.94. The average Bonchev–Trinajstić information content (AvgIpc) is 2.75. The van der Waals surface area contributed by atoms with Gasteiger partial charge in [0, 0.05) is 38.4 Å². The fourth-order valence-corrected chi connectivity index (χ4v) is 3.60. The van der Waals surface area contributed by atoms with Crippen LogP contribution in [0, 0.1) is 0 Å². The van der Waals surface area contributed by atoms with Gasteiger partial charge in [0.05, 0.1) is 6.04 Å². The molecular formula is C25H33N3O. The van der Waals surface area contributed by atoms with Crippen molar-refractivity contribution in [1.82, 2.24) is 9.80 Å². The minimum Gasteiger partial charge on any atom is -0.325 e. The van der Waals surface area contributed by atoms with Crippen LogP contribution in [0.1, 0.15) is 37.8 Å². The second-order valence-electron chi connectivity index (χ2n) is 8.09. The summed E-state index contributed by atoms with van der Waals surface area (Å²) in [4.78, 5) is 17.4. The topological polar surface area (TPSA) is 35.6 Å². The van der Waals surface area contributed by atoms with Gasteiger partial charge in [0.25, 0.3) is 0 Å². The maximum Gasteiger partial charge on any atom is 0.241 e. The molecule has 1 unspecified atom stereocenters. The first-order valence-electron chi connectivity index (χ1n) is 10.6. The van der Waals surface area contributed by atoms with Crippen LogP contribution in [0.15, 0.2) is 60.7 Å². The molecular weight excluding hydrogens is 358 g/mol. The van der Waals surface area contributed by atoms with Crippen molar-refractivity contribution in [3.63, 3.8) is 0 Å². The van der Waals surface area contributed by atoms with Crippen LogP contribution in [0.4, 0.5) is 5.69 Å². The summed E-state index contributed by atoms with van der Waals surface area (Å²) >= 11 is 0. The van der Waals surface area contributed by atoms with Gasteiger partial charge in [-0.25, -0.2) is 0 Å². The van der Waals surface area contributed by atoms with Gasteiger partial charge in [0.2, 0.25) is 5.91 Å². The van der Waals surface area contributed by atoms with E-state index in [-0.39, 0.29) is 11.9 Å². The van der Waals surface area contributed by atoms with Crippen LogP contribution in [-0.2, 0) is 4.79 Å². The van der Waals surface area contributed by atoms with Crippen molar-refractivity contribution in [3.05, 3.63) is 71.8 Å². The van der Waals surface area contributed by atoms with E-state index in [9.17, 15) is 4.79 Å². The predicted molar refractivity (Wildman–Crippen MR) is 122 cm³/mol. The molecule has 0 radical (unpaired) electrons. The Morgan fingerprint density at radius 2 is 1.62 bits per heavy atom. The van der Waals surface area contributed by atoms with Crippen LogP contribution in [0.2, 0.25) is 0 Å². The maximum absolute atomic E-state index is 12.7. The number of hydrogen-bond acceptors (Lipinski definition) is 3. The highest BCUT2D eigenvalue weighted by atomic mass is 16.2. The summed E-state index contributed by atoms with van der Waals surface area (Å²) in [5.74, 6) is 0.567. The molecule has 1 aliphatic rings. The lowest BCUT2D eigenvalue weighted by Gasteiger charge is -2.37. The van der Waals surface area contributed by atoms with Crippen molar-refractivity contribution in [3.8, 4) is 0 Å². The molecule has 2 aromatic carbocycles. The number of benzene rings is 2. The van der Waals surface area contributed by atoms with Gasteiger partial charge < -0.3 is 5.32 Å². The molecule has 0 spiro atoms. The maximum atomic E-state index is 12.7. The molecule has 1 aliphatic heterocycles. The number of anilines is 1.